The third-order valence-electron chi connectivity index (χ3n) is 5.29. The fraction of sp³-hybridized carbons (Fsp3) is 0.286. The van der Waals surface area contributed by atoms with E-state index in [4.69, 9.17) is 9.47 Å². The Morgan fingerprint density at radius 1 is 1.09 bits per heavy atom. The summed E-state index contributed by atoms with van der Waals surface area (Å²) in [5.74, 6) is 1.69. The number of hydrogen-bond acceptors (Lipinski definition) is 10. The van der Waals surface area contributed by atoms with Gasteiger partial charge in [0.05, 0.1) is 9.95 Å². The molecule has 1 saturated heterocycles. The summed E-state index contributed by atoms with van der Waals surface area (Å²) in [4.78, 5) is 26.3. The smallest absolute Gasteiger partial charge is 0.353 e. The van der Waals surface area contributed by atoms with Gasteiger partial charge in [-0.25, -0.2) is 15.0 Å². The Morgan fingerprint density at radius 2 is 1.94 bits per heavy atom. The van der Waals surface area contributed by atoms with Crippen LogP contribution < -0.4 is 19.7 Å². The molecule has 0 spiro atoms. The second-order valence-electron chi connectivity index (χ2n) is 7.32. The van der Waals surface area contributed by atoms with E-state index in [2.05, 4.69) is 20.3 Å². The van der Waals surface area contributed by atoms with E-state index in [0.29, 0.717) is 41.3 Å². The van der Waals surface area contributed by atoms with E-state index in [1.807, 2.05) is 23.1 Å². The van der Waals surface area contributed by atoms with Crippen molar-refractivity contribution in [2.75, 3.05) is 30.1 Å². The van der Waals surface area contributed by atoms with Crippen LogP contribution >= 0.6 is 11.8 Å². The zero-order chi connectivity index (χ0) is 21.9. The summed E-state index contributed by atoms with van der Waals surface area (Å²) < 4.78 is 10.7. The standard InChI is InChI=1S/C21H20N6O4S/c28-27(29)19-20(25-14-4-5-16-17(11-14)31-13-30-16)23-12-24-21(19)26-9-6-15(7-10-26)32-18-3-1-2-8-22-18/h1-5,8,11-12,15H,6-7,9-10,13H2,(H,23,24,25). The Morgan fingerprint density at radius 3 is 2.72 bits per heavy atom. The van der Waals surface area contributed by atoms with Gasteiger partial charge in [-0.2, -0.15) is 0 Å². The first-order valence-corrected chi connectivity index (χ1v) is 11.0. The molecular formula is C21H20N6O4S. The molecule has 2 aromatic heterocycles. The van der Waals surface area contributed by atoms with Gasteiger partial charge in [0.2, 0.25) is 18.4 Å². The minimum atomic E-state index is -0.431. The van der Waals surface area contributed by atoms with Crippen LogP contribution in [0.15, 0.2) is 53.9 Å². The van der Waals surface area contributed by atoms with E-state index in [-0.39, 0.29) is 18.3 Å². The Labute approximate surface area is 188 Å². The third-order valence-corrected chi connectivity index (χ3v) is 6.58. The summed E-state index contributed by atoms with van der Waals surface area (Å²) in [7, 11) is 0. The van der Waals surface area contributed by atoms with Gasteiger partial charge >= 0.3 is 5.69 Å². The molecule has 164 valence electrons. The predicted octanol–water partition coefficient (Wildman–Crippen LogP) is 4.01. The lowest BCUT2D eigenvalue weighted by Crippen LogP contribution is -2.36. The predicted molar refractivity (Wildman–Crippen MR) is 120 cm³/mol. The van der Waals surface area contributed by atoms with Crippen LogP contribution in [0.3, 0.4) is 0 Å². The second-order valence-corrected chi connectivity index (χ2v) is 8.64. The van der Waals surface area contributed by atoms with Crippen molar-refractivity contribution in [3.63, 3.8) is 0 Å². The van der Waals surface area contributed by atoms with E-state index in [1.54, 1.807) is 36.2 Å². The SMILES string of the molecule is O=[N+]([O-])c1c(Nc2ccc3c(c2)OCO3)ncnc1N1CCC(Sc2ccccn2)CC1. The number of aromatic nitrogens is 3. The van der Waals surface area contributed by atoms with Gasteiger partial charge in [-0.15, -0.1) is 11.8 Å². The van der Waals surface area contributed by atoms with Gasteiger partial charge < -0.3 is 19.7 Å². The lowest BCUT2D eigenvalue weighted by Gasteiger charge is -2.32. The molecule has 3 aromatic rings. The normalized spacial score (nSPS) is 15.6. The molecule has 1 N–H and O–H groups in total. The van der Waals surface area contributed by atoms with Crippen LogP contribution in [-0.2, 0) is 0 Å². The maximum Gasteiger partial charge on any atom is 0.353 e. The maximum absolute atomic E-state index is 12.0. The quantitative estimate of drug-likeness (QED) is 0.434. The highest BCUT2D eigenvalue weighted by Gasteiger charge is 2.30. The minimum Gasteiger partial charge on any atom is -0.454 e. The number of pyridine rings is 1. The maximum atomic E-state index is 12.0. The molecule has 1 fully saturated rings. The van der Waals surface area contributed by atoms with E-state index < -0.39 is 4.92 Å². The fourth-order valence-electron chi connectivity index (χ4n) is 3.74. The third kappa shape index (κ3) is 4.24. The van der Waals surface area contributed by atoms with Crippen molar-refractivity contribution in [2.45, 2.75) is 23.1 Å². The number of piperidine rings is 1. The number of rotatable bonds is 6. The van der Waals surface area contributed by atoms with Gasteiger partial charge in [-0.3, -0.25) is 10.1 Å². The van der Waals surface area contributed by atoms with Crippen molar-refractivity contribution in [2.24, 2.45) is 0 Å². The Kier molecular flexibility index (Phi) is 5.63. The second kappa shape index (κ2) is 8.87. The van der Waals surface area contributed by atoms with Crippen LogP contribution in [0.5, 0.6) is 11.5 Å². The van der Waals surface area contributed by atoms with Gasteiger partial charge in [0.25, 0.3) is 0 Å². The Balaban J connectivity index is 1.33. The number of ether oxygens (including phenoxy) is 2. The number of nitrogens with one attached hydrogen (secondary N) is 1. The summed E-state index contributed by atoms with van der Waals surface area (Å²) in [6, 6.07) is 11.1. The van der Waals surface area contributed by atoms with E-state index in [1.165, 1.54) is 6.33 Å². The summed E-state index contributed by atoms with van der Waals surface area (Å²) in [5, 5.41) is 16.4. The van der Waals surface area contributed by atoms with Crippen molar-refractivity contribution in [3.05, 3.63) is 59.0 Å². The zero-order valence-electron chi connectivity index (χ0n) is 17.0. The van der Waals surface area contributed by atoms with Gasteiger partial charge in [-0.05, 0) is 37.1 Å². The molecule has 11 heteroatoms. The number of nitrogens with zero attached hydrogens (tertiary/aromatic N) is 5. The van der Waals surface area contributed by atoms with Crippen LogP contribution in [0.25, 0.3) is 0 Å². The van der Waals surface area contributed by atoms with E-state index in [0.717, 1.165) is 17.9 Å². The monoisotopic (exact) mass is 452 g/mol. The van der Waals surface area contributed by atoms with E-state index in [9.17, 15) is 10.1 Å². The summed E-state index contributed by atoms with van der Waals surface area (Å²) in [6.45, 7) is 1.50. The van der Waals surface area contributed by atoms with Crippen molar-refractivity contribution >= 4 is 34.8 Å². The molecule has 0 bridgehead atoms. The number of nitro groups is 1. The van der Waals surface area contributed by atoms with Gasteiger partial charge in [0.15, 0.2) is 11.5 Å². The molecule has 0 radical (unpaired) electrons. The van der Waals surface area contributed by atoms with Crippen LogP contribution in [0.2, 0.25) is 0 Å². The molecule has 2 aliphatic rings. The molecule has 32 heavy (non-hydrogen) atoms. The lowest BCUT2D eigenvalue weighted by molar-refractivity contribution is -0.383. The van der Waals surface area contributed by atoms with Crippen LogP contribution in [0.1, 0.15) is 12.8 Å². The molecule has 0 amide bonds. The Hall–Kier alpha value is -3.60. The van der Waals surface area contributed by atoms with Crippen LogP contribution in [-0.4, -0.2) is 45.0 Å². The average molecular weight is 452 g/mol. The first-order chi connectivity index (χ1) is 15.7. The number of thioether (sulfide) groups is 1. The molecule has 0 unspecified atom stereocenters. The molecule has 1 aromatic carbocycles. The topological polar surface area (TPSA) is 116 Å². The molecular weight excluding hydrogens is 432 g/mol. The van der Waals surface area contributed by atoms with Crippen molar-refractivity contribution in [1.82, 2.24) is 15.0 Å². The molecule has 10 nitrogen and oxygen atoms in total. The largest absolute Gasteiger partial charge is 0.454 e. The molecule has 2 aliphatic heterocycles. The van der Waals surface area contributed by atoms with Gasteiger partial charge in [0, 0.05) is 36.3 Å². The van der Waals surface area contributed by atoms with Crippen LogP contribution in [0.4, 0.5) is 23.0 Å². The van der Waals surface area contributed by atoms with Crippen molar-refractivity contribution in [1.29, 1.82) is 0 Å². The van der Waals surface area contributed by atoms with Gasteiger partial charge in [-0.1, -0.05) is 6.07 Å². The number of anilines is 3. The summed E-state index contributed by atoms with van der Waals surface area (Å²) >= 11 is 1.75. The van der Waals surface area contributed by atoms with Crippen LogP contribution in [0, 0.1) is 10.1 Å². The summed E-state index contributed by atoms with van der Waals surface area (Å²) in [5.41, 5.74) is 0.480. The highest BCUT2D eigenvalue weighted by Crippen LogP contribution is 2.39. The first kappa shape index (κ1) is 20.3. The number of benzene rings is 1. The minimum absolute atomic E-state index is 0.138. The molecule has 0 aliphatic carbocycles. The number of fused-ring (bicyclic) bond motifs is 1. The molecule has 0 saturated carbocycles. The summed E-state index contributed by atoms with van der Waals surface area (Å²) in [6.07, 6.45) is 4.91. The lowest BCUT2D eigenvalue weighted by atomic mass is 10.1. The van der Waals surface area contributed by atoms with Gasteiger partial charge in [0.1, 0.15) is 6.33 Å². The number of hydrogen-bond donors (Lipinski definition) is 1. The Bertz CT molecular complexity index is 1120. The highest BCUT2D eigenvalue weighted by atomic mass is 32.2. The molecule has 0 atom stereocenters. The first-order valence-electron chi connectivity index (χ1n) is 10.2. The zero-order valence-corrected chi connectivity index (χ0v) is 17.8. The average Bonchev–Trinajstić information content (AvgIpc) is 3.28. The highest BCUT2D eigenvalue weighted by molar-refractivity contribution is 7.99. The molecule has 4 heterocycles. The van der Waals surface area contributed by atoms with E-state index >= 15 is 0 Å². The van der Waals surface area contributed by atoms with Crippen molar-refractivity contribution < 1.29 is 14.4 Å². The fourth-order valence-corrected chi connectivity index (χ4v) is 4.81. The molecule has 5 rings (SSSR count). The van der Waals surface area contributed by atoms with Crippen molar-refractivity contribution in [3.8, 4) is 11.5 Å².